The van der Waals surface area contributed by atoms with Crippen LogP contribution >= 0.6 is 11.3 Å². The third-order valence-electron chi connectivity index (χ3n) is 5.47. The number of halogens is 1. The molecule has 0 saturated heterocycles. The first-order valence-electron chi connectivity index (χ1n) is 9.99. The van der Waals surface area contributed by atoms with Crippen LogP contribution in [0.25, 0.3) is 10.4 Å². The fourth-order valence-corrected chi connectivity index (χ4v) is 5.05. The molecule has 2 heterocycles. The second-order valence-electron chi connectivity index (χ2n) is 7.95. The second kappa shape index (κ2) is 9.03. The summed E-state index contributed by atoms with van der Waals surface area (Å²) in [6.07, 6.45) is 5.26. The van der Waals surface area contributed by atoms with Crippen molar-refractivity contribution in [2.24, 2.45) is 11.8 Å². The summed E-state index contributed by atoms with van der Waals surface area (Å²) in [6, 6.07) is 4.49. The van der Waals surface area contributed by atoms with Gasteiger partial charge in [-0.05, 0) is 63.6 Å². The van der Waals surface area contributed by atoms with Crippen molar-refractivity contribution in [3.63, 3.8) is 0 Å². The zero-order valence-corrected chi connectivity index (χ0v) is 18.1. The van der Waals surface area contributed by atoms with Gasteiger partial charge in [0.1, 0.15) is 5.00 Å². The molecule has 1 aliphatic rings. The predicted octanol–water partition coefficient (Wildman–Crippen LogP) is 5.30. The van der Waals surface area contributed by atoms with E-state index in [4.69, 9.17) is 4.74 Å². The maximum atomic E-state index is 13.4. The molecule has 0 spiro atoms. The quantitative estimate of drug-likeness (QED) is 0.488. The predicted molar refractivity (Wildman–Crippen MR) is 113 cm³/mol. The van der Waals surface area contributed by atoms with Crippen LogP contribution in [0.1, 0.15) is 56.8 Å². The summed E-state index contributed by atoms with van der Waals surface area (Å²) < 4.78 is 18.2. The van der Waals surface area contributed by atoms with Gasteiger partial charge in [0, 0.05) is 28.6 Å². The molecule has 0 unspecified atom stereocenters. The lowest BCUT2D eigenvalue weighted by molar-refractivity contribution is -0.123. The first kappa shape index (κ1) is 21.4. The Morgan fingerprint density at radius 1 is 1.24 bits per heavy atom. The Bertz CT molecular complexity index is 871. The number of ether oxygens (including phenoxy) is 1. The summed E-state index contributed by atoms with van der Waals surface area (Å²) in [6.45, 7) is 6.12. The molecule has 0 N–H and O–H groups in total. The molecule has 0 bridgehead atoms. The zero-order valence-electron chi connectivity index (χ0n) is 17.3. The van der Waals surface area contributed by atoms with Crippen LogP contribution in [0.5, 0.6) is 0 Å². The van der Waals surface area contributed by atoms with Gasteiger partial charge in [0.25, 0.3) is 0 Å². The van der Waals surface area contributed by atoms with Crippen LogP contribution in [0.2, 0.25) is 0 Å². The Morgan fingerprint density at radius 3 is 2.48 bits per heavy atom. The van der Waals surface area contributed by atoms with E-state index in [1.54, 1.807) is 17.0 Å². The van der Waals surface area contributed by atoms with Gasteiger partial charge in [-0.3, -0.25) is 4.79 Å². The largest absolute Gasteiger partial charge is 0.465 e. The molecule has 29 heavy (non-hydrogen) atoms. The van der Waals surface area contributed by atoms with E-state index in [1.165, 1.54) is 30.7 Å². The third kappa shape index (κ3) is 4.66. The van der Waals surface area contributed by atoms with E-state index >= 15 is 0 Å². The van der Waals surface area contributed by atoms with Crippen LogP contribution in [0.3, 0.4) is 0 Å². The summed E-state index contributed by atoms with van der Waals surface area (Å²) in [5.41, 5.74) is 1.04. The number of rotatable bonds is 5. The minimum Gasteiger partial charge on any atom is -0.465 e. The molecule has 0 aromatic carbocycles. The maximum absolute atomic E-state index is 13.4. The molecule has 3 rings (SSSR count). The lowest BCUT2D eigenvalue weighted by Crippen LogP contribution is -2.42. The van der Waals surface area contributed by atoms with Gasteiger partial charge in [0.05, 0.1) is 12.7 Å². The van der Waals surface area contributed by atoms with E-state index in [0.29, 0.717) is 22.0 Å². The number of nitrogens with zero attached hydrogens (tertiary/aromatic N) is 2. The fraction of sp³-hybridized carbons (Fsp3) is 0.500. The van der Waals surface area contributed by atoms with Gasteiger partial charge in [-0.25, -0.2) is 9.78 Å². The average Bonchev–Trinajstić information content (AvgIpc) is 3.13. The smallest absolute Gasteiger partial charge is 0.340 e. The van der Waals surface area contributed by atoms with Crippen LogP contribution in [0.4, 0.5) is 9.39 Å². The van der Waals surface area contributed by atoms with Crippen LogP contribution in [0, 0.1) is 17.8 Å². The molecule has 1 fully saturated rings. The molecule has 1 saturated carbocycles. The highest BCUT2D eigenvalue weighted by molar-refractivity contribution is 7.20. The maximum Gasteiger partial charge on any atom is 0.340 e. The zero-order chi connectivity index (χ0) is 21.1. The van der Waals surface area contributed by atoms with Gasteiger partial charge < -0.3 is 9.64 Å². The molecule has 5 nitrogen and oxygen atoms in total. The van der Waals surface area contributed by atoms with E-state index in [9.17, 15) is 14.0 Å². The van der Waals surface area contributed by atoms with Gasteiger partial charge in [0.2, 0.25) is 11.9 Å². The first-order valence-corrected chi connectivity index (χ1v) is 10.8. The van der Waals surface area contributed by atoms with E-state index in [-0.39, 0.29) is 17.9 Å². The molecule has 2 aromatic heterocycles. The average molecular weight is 419 g/mol. The van der Waals surface area contributed by atoms with Gasteiger partial charge in [-0.15, -0.1) is 11.3 Å². The SMILES string of the molecule is COC(=O)c1cc(-c2ccc(F)nc2)sc1N(C(=O)[C@H]1CC[C@H](C)CC1)C(C)C. The Balaban J connectivity index is 2.01. The Labute approximate surface area is 174 Å². The topological polar surface area (TPSA) is 59.5 Å². The van der Waals surface area contributed by atoms with Crippen LogP contribution in [-0.2, 0) is 9.53 Å². The number of methoxy groups -OCH3 is 1. The molecule has 1 amide bonds. The molecular weight excluding hydrogens is 391 g/mol. The molecule has 7 heteroatoms. The number of pyridine rings is 1. The van der Waals surface area contributed by atoms with Crippen molar-refractivity contribution in [1.82, 2.24) is 4.98 Å². The van der Waals surface area contributed by atoms with Crippen molar-refractivity contribution in [2.45, 2.75) is 52.5 Å². The van der Waals surface area contributed by atoms with E-state index < -0.39 is 11.9 Å². The molecular formula is C22H27FN2O3S. The highest BCUT2D eigenvalue weighted by Crippen LogP contribution is 2.41. The first-order chi connectivity index (χ1) is 13.8. The van der Waals surface area contributed by atoms with Crippen LogP contribution in [0.15, 0.2) is 24.4 Å². The molecule has 0 radical (unpaired) electrons. The number of aromatic nitrogens is 1. The van der Waals surface area contributed by atoms with Gasteiger partial charge in [-0.2, -0.15) is 4.39 Å². The van der Waals surface area contributed by atoms with Crippen LogP contribution < -0.4 is 4.90 Å². The van der Waals surface area contributed by atoms with Gasteiger partial charge >= 0.3 is 5.97 Å². The number of anilines is 1. The number of esters is 1. The van der Waals surface area contributed by atoms with E-state index in [2.05, 4.69) is 11.9 Å². The minimum absolute atomic E-state index is 0.0304. The summed E-state index contributed by atoms with van der Waals surface area (Å²) >= 11 is 1.33. The van der Waals surface area contributed by atoms with Crippen molar-refractivity contribution in [3.05, 3.63) is 35.9 Å². The van der Waals surface area contributed by atoms with Crippen molar-refractivity contribution in [2.75, 3.05) is 12.0 Å². The lowest BCUT2D eigenvalue weighted by Gasteiger charge is -2.33. The summed E-state index contributed by atoms with van der Waals surface area (Å²) in [5, 5.41) is 0.579. The number of hydrogen-bond acceptors (Lipinski definition) is 5. The van der Waals surface area contributed by atoms with Gasteiger partial charge in [0.15, 0.2) is 0 Å². The van der Waals surface area contributed by atoms with Crippen molar-refractivity contribution in [3.8, 4) is 10.4 Å². The minimum atomic E-state index is -0.566. The van der Waals surface area contributed by atoms with Crippen molar-refractivity contribution < 1.29 is 18.7 Å². The summed E-state index contributed by atoms with van der Waals surface area (Å²) in [4.78, 5) is 32.1. The van der Waals surface area contributed by atoms with E-state index in [0.717, 1.165) is 30.6 Å². The number of amides is 1. The highest BCUT2D eigenvalue weighted by Gasteiger charge is 2.33. The molecule has 156 valence electrons. The third-order valence-corrected chi connectivity index (χ3v) is 6.65. The molecule has 2 aromatic rings. The Morgan fingerprint density at radius 2 is 1.93 bits per heavy atom. The Hall–Kier alpha value is -2.28. The molecule has 0 atom stereocenters. The second-order valence-corrected chi connectivity index (χ2v) is 8.98. The van der Waals surface area contributed by atoms with Crippen molar-refractivity contribution in [1.29, 1.82) is 0 Å². The standard InChI is InChI=1S/C22H27FN2O3S/c1-13(2)25(20(26)15-7-5-14(3)6-8-15)21-17(22(27)28-4)11-18(29-21)16-9-10-19(23)24-12-16/h9-15H,5-8H2,1-4H3/t14-,15-. The van der Waals surface area contributed by atoms with Crippen molar-refractivity contribution >= 4 is 28.2 Å². The summed E-state index contributed by atoms with van der Waals surface area (Å²) in [7, 11) is 1.33. The number of hydrogen-bond donors (Lipinski definition) is 0. The van der Waals surface area contributed by atoms with E-state index in [1.807, 2.05) is 13.8 Å². The molecule has 0 aliphatic heterocycles. The number of thiophene rings is 1. The fourth-order valence-electron chi connectivity index (χ4n) is 3.77. The van der Waals surface area contributed by atoms with Crippen LogP contribution in [-0.4, -0.2) is 30.0 Å². The summed E-state index contributed by atoms with van der Waals surface area (Å²) in [5.74, 6) is -0.381. The monoisotopic (exact) mass is 418 g/mol. The Kier molecular flexibility index (Phi) is 6.67. The number of carbonyl (C=O) groups excluding carboxylic acids is 2. The normalized spacial score (nSPS) is 19.2. The molecule has 1 aliphatic carbocycles. The highest BCUT2D eigenvalue weighted by atomic mass is 32.1. The lowest BCUT2D eigenvalue weighted by atomic mass is 9.82. The van der Waals surface area contributed by atoms with Gasteiger partial charge in [-0.1, -0.05) is 6.92 Å². The number of carbonyl (C=O) groups is 2.